The third kappa shape index (κ3) is 2.93. The van der Waals surface area contributed by atoms with Crippen molar-refractivity contribution >= 4 is 17.3 Å². The van der Waals surface area contributed by atoms with Crippen molar-refractivity contribution in [1.29, 1.82) is 0 Å². The number of nitro groups is 1. The van der Waals surface area contributed by atoms with Crippen LogP contribution in [0.25, 0.3) is 0 Å². The Balaban J connectivity index is 2.11. The first kappa shape index (κ1) is 13.5. The molecular weight excluding hydrogens is 246 g/mol. The Bertz CT molecular complexity index is 485. The molecule has 7 heteroatoms. The molecule has 1 aromatic heterocycles. The predicted molar refractivity (Wildman–Crippen MR) is 73.7 cm³/mol. The summed E-state index contributed by atoms with van der Waals surface area (Å²) in [5.74, 6) is 6.62. The number of anilines is 2. The van der Waals surface area contributed by atoms with Crippen LogP contribution in [0.4, 0.5) is 17.3 Å². The molecule has 0 aromatic carbocycles. The first-order chi connectivity index (χ1) is 8.97. The largest absolute Gasteiger partial charge is 0.369 e. The number of hydrazine groups is 1. The molecule has 0 atom stereocenters. The Morgan fingerprint density at radius 1 is 1.47 bits per heavy atom. The number of rotatable bonds is 6. The Morgan fingerprint density at radius 2 is 2.11 bits per heavy atom. The number of nitrogen functional groups attached to an aromatic ring is 1. The second kappa shape index (κ2) is 5.00. The molecule has 19 heavy (non-hydrogen) atoms. The van der Waals surface area contributed by atoms with Gasteiger partial charge in [-0.25, -0.2) is 10.8 Å². The summed E-state index contributed by atoms with van der Waals surface area (Å²) < 4.78 is 0. The minimum absolute atomic E-state index is 0.0279. The molecule has 7 nitrogen and oxygen atoms in total. The zero-order valence-electron chi connectivity index (χ0n) is 11.1. The standard InChI is InChI=1S/C12H19N5O2/c1-8(2)12(3-4-12)7-14-10-5-9(17(18)19)6-11(15-10)16-13/h5-6,8H,3-4,7,13H2,1-2H3,(H2,14,15,16). The molecular formula is C12H19N5O2. The molecule has 1 fully saturated rings. The molecule has 0 aliphatic heterocycles. The van der Waals surface area contributed by atoms with Gasteiger partial charge in [0.25, 0.3) is 5.69 Å². The van der Waals surface area contributed by atoms with Gasteiger partial charge in [0.15, 0.2) is 0 Å². The van der Waals surface area contributed by atoms with Crippen LogP contribution in [0.15, 0.2) is 12.1 Å². The van der Waals surface area contributed by atoms with E-state index in [-0.39, 0.29) is 11.5 Å². The second-order valence-electron chi connectivity index (χ2n) is 5.37. The van der Waals surface area contributed by atoms with Gasteiger partial charge in [-0.05, 0) is 24.2 Å². The molecule has 1 heterocycles. The van der Waals surface area contributed by atoms with Gasteiger partial charge >= 0.3 is 0 Å². The summed E-state index contributed by atoms with van der Waals surface area (Å²) in [6.45, 7) is 5.17. The molecule has 0 unspecified atom stereocenters. The number of pyridine rings is 1. The molecule has 0 spiro atoms. The zero-order valence-corrected chi connectivity index (χ0v) is 11.1. The smallest absolute Gasteiger partial charge is 0.276 e. The third-order valence-electron chi connectivity index (χ3n) is 3.91. The summed E-state index contributed by atoms with van der Waals surface area (Å²) >= 11 is 0. The Morgan fingerprint density at radius 3 is 2.58 bits per heavy atom. The van der Waals surface area contributed by atoms with Crippen LogP contribution in [0, 0.1) is 21.4 Å². The topological polar surface area (TPSA) is 106 Å². The summed E-state index contributed by atoms with van der Waals surface area (Å²) in [6.07, 6.45) is 2.38. The third-order valence-corrected chi connectivity index (χ3v) is 3.91. The first-order valence-corrected chi connectivity index (χ1v) is 6.34. The van der Waals surface area contributed by atoms with Crippen molar-refractivity contribution in [2.24, 2.45) is 17.2 Å². The van der Waals surface area contributed by atoms with E-state index < -0.39 is 4.92 Å². The number of hydrogen-bond donors (Lipinski definition) is 3. The van der Waals surface area contributed by atoms with E-state index >= 15 is 0 Å². The molecule has 0 saturated heterocycles. The van der Waals surface area contributed by atoms with E-state index in [0.717, 1.165) is 6.54 Å². The van der Waals surface area contributed by atoms with Crippen LogP contribution >= 0.6 is 0 Å². The van der Waals surface area contributed by atoms with Crippen molar-refractivity contribution in [3.63, 3.8) is 0 Å². The number of aromatic nitrogens is 1. The van der Waals surface area contributed by atoms with Gasteiger partial charge in [-0.1, -0.05) is 13.8 Å². The van der Waals surface area contributed by atoms with Gasteiger partial charge in [0.05, 0.1) is 17.1 Å². The first-order valence-electron chi connectivity index (χ1n) is 6.34. The van der Waals surface area contributed by atoms with E-state index in [1.165, 1.54) is 25.0 Å². The van der Waals surface area contributed by atoms with Crippen molar-refractivity contribution in [1.82, 2.24) is 4.98 Å². The van der Waals surface area contributed by atoms with Gasteiger partial charge < -0.3 is 10.7 Å². The fourth-order valence-electron chi connectivity index (χ4n) is 2.17. The monoisotopic (exact) mass is 265 g/mol. The van der Waals surface area contributed by atoms with E-state index in [9.17, 15) is 10.1 Å². The van der Waals surface area contributed by atoms with Gasteiger partial charge in [-0.3, -0.25) is 10.1 Å². The molecule has 2 rings (SSSR count). The number of hydrogen-bond acceptors (Lipinski definition) is 6. The van der Waals surface area contributed by atoms with Crippen LogP contribution in [-0.2, 0) is 0 Å². The molecule has 0 amide bonds. The molecule has 1 aliphatic carbocycles. The number of nitrogens with one attached hydrogen (secondary N) is 2. The normalized spacial score (nSPS) is 16.2. The second-order valence-corrected chi connectivity index (χ2v) is 5.37. The van der Waals surface area contributed by atoms with Crippen molar-refractivity contribution in [3.8, 4) is 0 Å². The van der Waals surface area contributed by atoms with Gasteiger partial charge in [-0.2, -0.15) is 0 Å². The number of nitrogens with two attached hydrogens (primary N) is 1. The molecule has 104 valence electrons. The van der Waals surface area contributed by atoms with Crippen LogP contribution in [0.5, 0.6) is 0 Å². The van der Waals surface area contributed by atoms with E-state index in [0.29, 0.717) is 17.2 Å². The van der Waals surface area contributed by atoms with Crippen LogP contribution in [0.3, 0.4) is 0 Å². The summed E-state index contributed by atoms with van der Waals surface area (Å²) in [5.41, 5.74) is 2.62. The van der Waals surface area contributed by atoms with Crippen molar-refractivity contribution in [3.05, 3.63) is 22.2 Å². The highest BCUT2D eigenvalue weighted by atomic mass is 16.6. The molecule has 1 aromatic rings. The average Bonchev–Trinajstić information content (AvgIpc) is 3.17. The fourth-order valence-corrected chi connectivity index (χ4v) is 2.17. The van der Waals surface area contributed by atoms with Crippen LogP contribution in [-0.4, -0.2) is 16.5 Å². The maximum absolute atomic E-state index is 10.8. The lowest BCUT2D eigenvalue weighted by molar-refractivity contribution is -0.384. The molecule has 0 bridgehead atoms. The number of nitrogens with zero attached hydrogens (tertiary/aromatic N) is 2. The van der Waals surface area contributed by atoms with Crippen molar-refractivity contribution in [2.45, 2.75) is 26.7 Å². The van der Waals surface area contributed by atoms with Crippen molar-refractivity contribution < 1.29 is 4.92 Å². The van der Waals surface area contributed by atoms with E-state index in [4.69, 9.17) is 5.84 Å². The highest BCUT2D eigenvalue weighted by Gasteiger charge is 2.45. The highest BCUT2D eigenvalue weighted by molar-refractivity contribution is 5.54. The summed E-state index contributed by atoms with van der Waals surface area (Å²) in [4.78, 5) is 14.5. The Kier molecular flexibility index (Phi) is 3.57. The lowest BCUT2D eigenvalue weighted by Crippen LogP contribution is -2.21. The van der Waals surface area contributed by atoms with Crippen LogP contribution < -0.4 is 16.6 Å². The van der Waals surface area contributed by atoms with E-state index in [1.807, 2.05) is 0 Å². The molecule has 4 N–H and O–H groups in total. The maximum Gasteiger partial charge on any atom is 0.276 e. The Labute approximate surface area is 111 Å². The Hall–Kier alpha value is -1.89. The minimum Gasteiger partial charge on any atom is -0.369 e. The van der Waals surface area contributed by atoms with Crippen molar-refractivity contribution in [2.75, 3.05) is 17.3 Å². The zero-order chi connectivity index (χ0) is 14.0. The SMILES string of the molecule is CC(C)C1(CNc2cc([N+](=O)[O-])cc(NN)n2)CC1. The van der Waals surface area contributed by atoms with Crippen LogP contribution in [0.2, 0.25) is 0 Å². The molecule has 1 saturated carbocycles. The van der Waals surface area contributed by atoms with Gasteiger partial charge in [0.2, 0.25) is 0 Å². The molecule has 1 aliphatic rings. The minimum atomic E-state index is -0.455. The van der Waals surface area contributed by atoms with E-state index in [1.54, 1.807) is 0 Å². The van der Waals surface area contributed by atoms with E-state index in [2.05, 4.69) is 29.6 Å². The van der Waals surface area contributed by atoms with Gasteiger partial charge in [0.1, 0.15) is 11.6 Å². The quantitative estimate of drug-likeness (QED) is 0.413. The molecule has 0 radical (unpaired) electrons. The van der Waals surface area contributed by atoms with Gasteiger partial charge in [-0.15, -0.1) is 0 Å². The maximum atomic E-state index is 10.8. The fraction of sp³-hybridized carbons (Fsp3) is 0.583. The summed E-state index contributed by atoms with van der Waals surface area (Å²) in [5, 5.41) is 14.0. The lowest BCUT2D eigenvalue weighted by atomic mass is 9.92. The lowest BCUT2D eigenvalue weighted by Gasteiger charge is -2.20. The van der Waals surface area contributed by atoms with Crippen LogP contribution in [0.1, 0.15) is 26.7 Å². The highest BCUT2D eigenvalue weighted by Crippen LogP contribution is 2.51. The average molecular weight is 265 g/mol. The predicted octanol–water partition coefficient (Wildman–Crippen LogP) is 2.12. The summed E-state index contributed by atoms with van der Waals surface area (Å²) in [6, 6.07) is 2.73. The summed E-state index contributed by atoms with van der Waals surface area (Å²) in [7, 11) is 0. The van der Waals surface area contributed by atoms with Gasteiger partial charge in [0, 0.05) is 6.54 Å².